The van der Waals surface area contributed by atoms with Crippen molar-refractivity contribution in [2.45, 2.75) is 74.1 Å². The number of nitrogens with zero attached hydrogens (tertiary/aromatic N) is 1. The quantitative estimate of drug-likeness (QED) is 0.459. The Bertz CT molecular complexity index is 1010. The summed E-state index contributed by atoms with van der Waals surface area (Å²) in [7, 11) is 0. The van der Waals surface area contributed by atoms with Crippen LogP contribution in [0.25, 0.3) is 0 Å². The SMILES string of the molecule is CCCN1C(=O)[C@H]2[C@H](C(=O)Nc3cccc(SC)c3)[C@H]3C=C[C@@]2(O3)[C@@H]1C(=O)NC1CCCCC1. The number of anilines is 1. The summed E-state index contributed by atoms with van der Waals surface area (Å²) in [5.74, 6) is -1.91. The maximum Gasteiger partial charge on any atom is 0.246 e. The molecule has 2 bridgehead atoms. The molecule has 2 saturated heterocycles. The molecule has 7 nitrogen and oxygen atoms in total. The van der Waals surface area contributed by atoms with Crippen LogP contribution in [0.4, 0.5) is 5.69 Å². The van der Waals surface area contributed by atoms with Crippen molar-refractivity contribution >= 4 is 35.2 Å². The van der Waals surface area contributed by atoms with E-state index in [-0.39, 0.29) is 23.8 Å². The summed E-state index contributed by atoms with van der Waals surface area (Å²) in [6.07, 6.45) is 11.3. The second-order valence-corrected chi connectivity index (χ2v) is 10.7. The van der Waals surface area contributed by atoms with E-state index in [0.717, 1.165) is 37.0 Å². The third kappa shape index (κ3) is 3.85. The van der Waals surface area contributed by atoms with Crippen LogP contribution in [0.5, 0.6) is 0 Å². The van der Waals surface area contributed by atoms with E-state index in [0.29, 0.717) is 12.2 Å². The first-order valence-corrected chi connectivity index (χ1v) is 13.6. The van der Waals surface area contributed by atoms with Crippen molar-refractivity contribution in [2.75, 3.05) is 18.1 Å². The highest BCUT2D eigenvalue weighted by Crippen LogP contribution is 2.55. The average Bonchev–Trinajstić information content (AvgIpc) is 3.48. The maximum absolute atomic E-state index is 13.7. The minimum absolute atomic E-state index is 0.140. The number of benzene rings is 1. The van der Waals surface area contributed by atoms with Gasteiger partial charge in [0.15, 0.2) is 0 Å². The van der Waals surface area contributed by atoms with Crippen molar-refractivity contribution in [3.8, 4) is 0 Å². The molecule has 182 valence electrons. The number of hydrogen-bond donors (Lipinski definition) is 2. The maximum atomic E-state index is 13.7. The number of nitrogens with one attached hydrogen (secondary N) is 2. The molecule has 0 aromatic heterocycles. The fourth-order valence-corrected chi connectivity index (χ4v) is 6.66. The molecule has 2 N–H and O–H groups in total. The first kappa shape index (κ1) is 23.4. The number of carbonyl (C=O) groups excluding carboxylic acids is 3. The van der Waals surface area contributed by atoms with Crippen LogP contribution in [-0.4, -0.2) is 59.2 Å². The Morgan fingerprint density at radius 3 is 2.74 bits per heavy atom. The lowest BCUT2D eigenvalue weighted by atomic mass is 9.74. The Morgan fingerprint density at radius 1 is 1.21 bits per heavy atom. The van der Waals surface area contributed by atoms with Crippen LogP contribution in [0.15, 0.2) is 41.3 Å². The van der Waals surface area contributed by atoms with Crippen LogP contribution in [-0.2, 0) is 19.1 Å². The van der Waals surface area contributed by atoms with E-state index in [1.54, 1.807) is 16.7 Å². The third-order valence-electron chi connectivity index (χ3n) is 7.68. The van der Waals surface area contributed by atoms with Gasteiger partial charge in [0.2, 0.25) is 17.7 Å². The molecule has 1 spiro atoms. The smallest absolute Gasteiger partial charge is 0.246 e. The lowest BCUT2D eigenvalue weighted by Gasteiger charge is -2.34. The summed E-state index contributed by atoms with van der Waals surface area (Å²) in [6.45, 7) is 2.46. The summed E-state index contributed by atoms with van der Waals surface area (Å²) >= 11 is 1.60. The van der Waals surface area contributed by atoms with Gasteiger partial charge in [0.25, 0.3) is 0 Å². The molecular formula is C26H33N3O4S. The lowest BCUT2D eigenvalue weighted by Crippen LogP contribution is -2.56. The third-order valence-corrected chi connectivity index (χ3v) is 8.40. The van der Waals surface area contributed by atoms with E-state index in [2.05, 4.69) is 10.6 Å². The molecule has 3 aliphatic heterocycles. The second kappa shape index (κ2) is 9.38. The molecule has 1 saturated carbocycles. The van der Waals surface area contributed by atoms with Crippen LogP contribution in [0.1, 0.15) is 45.4 Å². The zero-order valence-corrected chi connectivity index (χ0v) is 20.6. The molecule has 5 atom stereocenters. The highest BCUT2D eigenvalue weighted by Gasteiger charge is 2.72. The van der Waals surface area contributed by atoms with Crippen LogP contribution >= 0.6 is 11.8 Å². The lowest BCUT2D eigenvalue weighted by molar-refractivity contribution is -0.141. The monoisotopic (exact) mass is 483 g/mol. The molecule has 3 heterocycles. The largest absolute Gasteiger partial charge is 0.359 e. The summed E-state index contributed by atoms with van der Waals surface area (Å²) in [4.78, 5) is 43.4. The first-order valence-electron chi connectivity index (χ1n) is 12.4. The van der Waals surface area contributed by atoms with Crippen molar-refractivity contribution in [3.63, 3.8) is 0 Å². The van der Waals surface area contributed by atoms with E-state index < -0.39 is 29.6 Å². The molecule has 4 aliphatic rings. The van der Waals surface area contributed by atoms with E-state index in [4.69, 9.17) is 4.74 Å². The number of thioether (sulfide) groups is 1. The van der Waals surface area contributed by atoms with Crippen LogP contribution in [0.2, 0.25) is 0 Å². The summed E-state index contributed by atoms with van der Waals surface area (Å²) in [6, 6.07) is 7.04. The minimum Gasteiger partial charge on any atom is -0.359 e. The van der Waals surface area contributed by atoms with Crippen molar-refractivity contribution < 1.29 is 19.1 Å². The molecule has 3 fully saturated rings. The van der Waals surface area contributed by atoms with E-state index >= 15 is 0 Å². The van der Waals surface area contributed by atoms with Gasteiger partial charge in [-0.3, -0.25) is 14.4 Å². The zero-order chi connectivity index (χ0) is 23.9. The highest BCUT2D eigenvalue weighted by molar-refractivity contribution is 7.98. The standard InChI is InChI=1S/C26H33N3O4S/c1-3-14-29-22(24(31)27-16-8-5-4-6-9-16)26-13-12-19(33-26)20(21(26)25(29)32)23(30)28-17-10-7-11-18(15-17)34-2/h7,10-13,15-16,19-22H,3-6,8-9,14H2,1-2H3,(H,27,31)(H,28,30)/t19-,20-,21-,22+,26+/m1/s1. The van der Waals surface area contributed by atoms with Gasteiger partial charge in [0.05, 0.1) is 17.9 Å². The molecule has 3 amide bonds. The van der Waals surface area contributed by atoms with Gasteiger partial charge in [-0.25, -0.2) is 0 Å². The van der Waals surface area contributed by atoms with Gasteiger partial charge in [-0.05, 0) is 43.7 Å². The van der Waals surface area contributed by atoms with Crippen LogP contribution in [0.3, 0.4) is 0 Å². The number of carbonyl (C=O) groups is 3. The van der Waals surface area contributed by atoms with Crippen molar-refractivity contribution in [3.05, 3.63) is 36.4 Å². The Kier molecular flexibility index (Phi) is 6.46. The molecule has 0 radical (unpaired) electrons. The zero-order valence-electron chi connectivity index (χ0n) is 19.8. The molecule has 1 aromatic carbocycles. The molecule has 5 rings (SSSR count). The first-order chi connectivity index (χ1) is 16.5. The fourth-order valence-electron chi connectivity index (χ4n) is 6.20. The van der Waals surface area contributed by atoms with E-state index in [1.807, 2.05) is 49.6 Å². The van der Waals surface area contributed by atoms with Crippen molar-refractivity contribution in [2.24, 2.45) is 11.8 Å². The number of likely N-dealkylation sites (tertiary alicyclic amines) is 1. The van der Waals surface area contributed by atoms with Crippen molar-refractivity contribution in [1.29, 1.82) is 0 Å². The Hall–Kier alpha value is -2.32. The van der Waals surface area contributed by atoms with Gasteiger partial charge in [-0.1, -0.05) is 44.4 Å². The normalized spacial score (nSPS) is 32.2. The van der Waals surface area contributed by atoms with E-state index in [1.165, 1.54) is 6.42 Å². The number of hydrogen-bond acceptors (Lipinski definition) is 5. The molecule has 8 heteroatoms. The van der Waals surface area contributed by atoms with Gasteiger partial charge >= 0.3 is 0 Å². The highest BCUT2D eigenvalue weighted by atomic mass is 32.2. The number of ether oxygens (including phenoxy) is 1. The fraction of sp³-hybridized carbons (Fsp3) is 0.577. The molecule has 0 unspecified atom stereocenters. The van der Waals surface area contributed by atoms with Gasteiger partial charge in [0, 0.05) is 23.2 Å². The van der Waals surface area contributed by atoms with Crippen molar-refractivity contribution in [1.82, 2.24) is 10.2 Å². The van der Waals surface area contributed by atoms with Crippen LogP contribution in [0, 0.1) is 11.8 Å². The number of rotatable bonds is 7. The summed E-state index contributed by atoms with van der Waals surface area (Å²) in [5.41, 5.74) is -0.390. The average molecular weight is 484 g/mol. The predicted octanol–water partition coefficient (Wildman–Crippen LogP) is 3.36. The molecule has 34 heavy (non-hydrogen) atoms. The number of fused-ring (bicyclic) bond motifs is 1. The van der Waals surface area contributed by atoms with Crippen LogP contribution < -0.4 is 10.6 Å². The minimum atomic E-state index is -1.08. The van der Waals surface area contributed by atoms with Gasteiger partial charge in [-0.15, -0.1) is 11.8 Å². The molecule has 1 aliphatic carbocycles. The molecular weight excluding hydrogens is 450 g/mol. The summed E-state index contributed by atoms with van der Waals surface area (Å²) in [5, 5.41) is 6.20. The van der Waals surface area contributed by atoms with Gasteiger partial charge in [-0.2, -0.15) is 0 Å². The van der Waals surface area contributed by atoms with Gasteiger partial charge in [0.1, 0.15) is 11.6 Å². The van der Waals surface area contributed by atoms with Gasteiger partial charge < -0.3 is 20.3 Å². The Labute approximate surface area is 205 Å². The molecule has 1 aromatic rings. The Morgan fingerprint density at radius 2 is 2.00 bits per heavy atom. The topological polar surface area (TPSA) is 87.7 Å². The summed E-state index contributed by atoms with van der Waals surface area (Å²) < 4.78 is 6.37. The van der Waals surface area contributed by atoms with E-state index in [9.17, 15) is 14.4 Å². The predicted molar refractivity (Wildman–Crippen MR) is 131 cm³/mol. The number of amides is 3. The second-order valence-electron chi connectivity index (χ2n) is 9.80. The Balaban J connectivity index is 1.41.